The highest BCUT2D eigenvalue weighted by Gasteiger charge is 2.07. The van der Waals surface area contributed by atoms with Crippen molar-refractivity contribution in [2.75, 3.05) is 26.1 Å². The third kappa shape index (κ3) is 3.95. The van der Waals surface area contributed by atoms with Crippen LogP contribution in [0, 0.1) is 5.82 Å². The summed E-state index contributed by atoms with van der Waals surface area (Å²) in [5, 5.41) is 2.89. The largest absolute Gasteiger partial charge is 0.493 e. The average molecular weight is 312 g/mol. The van der Waals surface area contributed by atoms with E-state index in [1.165, 1.54) is 0 Å². The fourth-order valence-corrected chi connectivity index (χ4v) is 1.96. The van der Waals surface area contributed by atoms with Gasteiger partial charge in [-0.2, -0.15) is 4.98 Å². The van der Waals surface area contributed by atoms with Gasteiger partial charge < -0.3 is 14.8 Å². The van der Waals surface area contributed by atoms with Crippen molar-refractivity contribution in [2.45, 2.75) is 6.42 Å². The van der Waals surface area contributed by atoms with Gasteiger partial charge in [-0.1, -0.05) is 6.07 Å². The van der Waals surface area contributed by atoms with Gasteiger partial charge in [-0.25, -0.2) is 9.37 Å². The topological polar surface area (TPSA) is 56.3 Å². The molecular weight excluding hydrogens is 297 g/mol. The first kappa shape index (κ1) is 15.3. The maximum atomic E-state index is 13.4. The van der Waals surface area contributed by atoms with Gasteiger partial charge in [-0.05, 0) is 35.7 Å². The van der Waals surface area contributed by atoms with E-state index in [0.717, 1.165) is 11.8 Å². The number of rotatable bonds is 6. The van der Waals surface area contributed by atoms with Crippen LogP contribution in [-0.2, 0) is 6.42 Å². The number of nitrogens with zero attached hydrogens (tertiary/aromatic N) is 2. The molecule has 7 heteroatoms. The molecule has 0 saturated heterocycles. The summed E-state index contributed by atoms with van der Waals surface area (Å²) in [6, 6.07) is 5.63. The Morgan fingerprint density at radius 1 is 1.24 bits per heavy atom. The molecule has 0 aliphatic carbocycles. The Balaban J connectivity index is 1.98. The van der Waals surface area contributed by atoms with Gasteiger partial charge in [-0.15, -0.1) is 0 Å². The molecule has 0 aliphatic heterocycles. The first-order chi connectivity index (χ1) is 10.1. The molecule has 2 aromatic rings. The lowest BCUT2D eigenvalue weighted by Gasteiger charge is -2.10. The second-order valence-corrected chi connectivity index (χ2v) is 4.54. The van der Waals surface area contributed by atoms with Crippen molar-refractivity contribution in [1.82, 2.24) is 9.97 Å². The first-order valence-corrected chi connectivity index (χ1v) is 6.64. The van der Waals surface area contributed by atoms with Gasteiger partial charge in [-0.3, -0.25) is 0 Å². The Labute approximate surface area is 127 Å². The maximum absolute atomic E-state index is 13.4. The van der Waals surface area contributed by atoms with E-state index < -0.39 is 5.82 Å². The van der Waals surface area contributed by atoms with E-state index in [1.54, 1.807) is 14.2 Å². The van der Waals surface area contributed by atoms with Crippen LogP contribution in [0.4, 0.5) is 10.2 Å². The van der Waals surface area contributed by atoms with E-state index in [-0.39, 0.29) is 11.1 Å². The Bertz CT molecular complexity index is 625. The van der Waals surface area contributed by atoms with Crippen molar-refractivity contribution in [3.05, 3.63) is 41.1 Å². The molecule has 0 bridgehead atoms. The highest BCUT2D eigenvalue weighted by molar-refractivity contribution is 6.28. The van der Waals surface area contributed by atoms with E-state index >= 15 is 0 Å². The molecule has 1 heterocycles. The zero-order chi connectivity index (χ0) is 15.2. The molecule has 112 valence electrons. The lowest BCUT2D eigenvalue weighted by atomic mass is 10.1. The Morgan fingerprint density at radius 2 is 2.00 bits per heavy atom. The number of anilines is 1. The summed E-state index contributed by atoms with van der Waals surface area (Å²) in [5.74, 6) is 0.885. The van der Waals surface area contributed by atoms with Gasteiger partial charge >= 0.3 is 0 Å². The summed E-state index contributed by atoms with van der Waals surface area (Å²) in [5.41, 5.74) is 1.03. The summed E-state index contributed by atoms with van der Waals surface area (Å²) in [7, 11) is 3.17. The first-order valence-electron chi connectivity index (χ1n) is 6.27. The standard InChI is InChI=1S/C14H15ClFN3O2/c1-20-11-4-3-9(7-12(11)21-2)5-6-17-13-10(16)8-18-14(15)19-13/h3-4,7-8H,5-6H2,1-2H3,(H,17,18,19). The maximum Gasteiger partial charge on any atom is 0.224 e. The summed E-state index contributed by atoms with van der Waals surface area (Å²) < 4.78 is 23.8. The summed E-state index contributed by atoms with van der Waals surface area (Å²) in [6.07, 6.45) is 1.70. The van der Waals surface area contributed by atoms with Gasteiger partial charge in [0.15, 0.2) is 23.1 Å². The summed E-state index contributed by atoms with van der Waals surface area (Å²) >= 11 is 5.63. The number of ether oxygens (including phenoxy) is 2. The molecule has 0 spiro atoms. The molecule has 2 rings (SSSR count). The molecule has 0 fully saturated rings. The predicted molar refractivity (Wildman–Crippen MR) is 78.7 cm³/mol. The zero-order valence-electron chi connectivity index (χ0n) is 11.7. The van der Waals surface area contributed by atoms with Gasteiger partial charge in [0.1, 0.15) is 0 Å². The van der Waals surface area contributed by atoms with Crippen molar-refractivity contribution in [1.29, 1.82) is 0 Å². The van der Waals surface area contributed by atoms with E-state index in [2.05, 4.69) is 15.3 Å². The number of benzene rings is 1. The van der Waals surface area contributed by atoms with Crippen LogP contribution in [0.1, 0.15) is 5.56 Å². The molecule has 0 unspecified atom stereocenters. The van der Waals surface area contributed by atoms with Crippen LogP contribution in [0.15, 0.2) is 24.4 Å². The van der Waals surface area contributed by atoms with Crippen LogP contribution in [0.2, 0.25) is 5.28 Å². The van der Waals surface area contributed by atoms with E-state index in [0.29, 0.717) is 24.5 Å². The lowest BCUT2D eigenvalue weighted by molar-refractivity contribution is 0.354. The van der Waals surface area contributed by atoms with E-state index in [4.69, 9.17) is 21.1 Å². The quantitative estimate of drug-likeness (QED) is 0.831. The fraction of sp³-hybridized carbons (Fsp3) is 0.286. The van der Waals surface area contributed by atoms with Crippen LogP contribution in [0.5, 0.6) is 11.5 Å². The second-order valence-electron chi connectivity index (χ2n) is 4.20. The van der Waals surface area contributed by atoms with Gasteiger partial charge in [0, 0.05) is 6.54 Å². The fourth-order valence-electron chi connectivity index (χ4n) is 1.83. The SMILES string of the molecule is COc1ccc(CCNc2nc(Cl)ncc2F)cc1OC. The second kappa shape index (κ2) is 7.08. The number of aromatic nitrogens is 2. The van der Waals surface area contributed by atoms with Crippen LogP contribution in [-0.4, -0.2) is 30.7 Å². The minimum atomic E-state index is -0.535. The molecule has 1 N–H and O–H groups in total. The van der Waals surface area contributed by atoms with Crippen molar-refractivity contribution in [2.24, 2.45) is 0 Å². The van der Waals surface area contributed by atoms with Crippen molar-refractivity contribution in [3.63, 3.8) is 0 Å². The third-order valence-electron chi connectivity index (χ3n) is 2.87. The number of hydrogen-bond acceptors (Lipinski definition) is 5. The summed E-state index contributed by atoms with van der Waals surface area (Å²) in [4.78, 5) is 7.34. The molecule has 0 saturated carbocycles. The van der Waals surface area contributed by atoms with Crippen LogP contribution in [0.25, 0.3) is 0 Å². The van der Waals surface area contributed by atoms with Gasteiger partial charge in [0.05, 0.1) is 20.4 Å². The minimum Gasteiger partial charge on any atom is -0.493 e. The smallest absolute Gasteiger partial charge is 0.224 e. The van der Waals surface area contributed by atoms with Crippen molar-refractivity contribution in [3.8, 4) is 11.5 Å². The Hall–Kier alpha value is -2.08. The normalized spacial score (nSPS) is 10.3. The third-order valence-corrected chi connectivity index (χ3v) is 3.05. The van der Waals surface area contributed by atoms with Crippen LogP contribution >= 0.6 is 11.6 Å². The molecule has 0 amide bonds. The van der Waals surface area contributed by atoms with Gasteiger partial charge in [0.2, 0.25) is 5.28 Å². The molecule has 1 aromatic carbocycles. The number of halogens is 2. The summed E-state index contributed by atoms with van der Waals surface area (Å²) in [6.45, 7) is 0.500. The zero-order valence-corrected chi connectivity index (χ0v) is 12.4. The highest BCUT2D eigenvalue weighted by atomic mass is 35.5. The van der Waals surface area contributed by atoms with Crippen LogP contribution < -0.4 is 14.8 Å². The molecule has 0 atom stereocenters. The minimum absolute atomic E-state index is 0.00465. The molecule has 5 nitrogen and oxygen atoms in total. The van der Waals surface area contributed by atoms with E-state index in [1.807, 2.05) is 18.2 Å². The molecule has 21 heavy (non-hydrogen) atoms. The Kier molecular flexibility index (Phi) is 5.16. The van der Waals surface area contributed by atoms with Gasteiger partial charge in [0.25, 0.3) is 0 Å². The average Bonchev–Trinajstić information content (AvgIpc) is 2.50. The number of hydrogen-bond donors (Lipinski definition) is 1. The molecule has 0 radical (unpaired) electrons. The van der Waals surface area contributed by atoms with Crippen LogP contribution in [0.3, 0.4) is 0 Å². The molecule has 0 aliphatic rings. The number of methoxy groups -OCH3 is 2. The Morgan fingerprint density at radius 3 is 2.71 bits per heavy atom. The van der Waals surface area contributed by atoms with Crippen molar-refractivity contribution < 1.29 is 13.9 Å². The lowest BCUT2D eigenvalue weighted by Crippen LogP contribution is -2.08. The number of nitrogens with one attached hydrogen (secondary N) is 1. The molecular formula is C14H15ClFN3O2. The van der Waals surface area contributed by atoms with Crippen molar-refractivity contribution >= 4 is 17.4 Å². The van der Waals surface area contributed by atoms with E-state index in [9.17, 15) is 4.39 Å². The highest BCUT2D eigenvalue weighted by Crippen LogP contribution is 2.27. The predicted octanol–water partition coefficient (Wildman–Crippen LogP) is 2.94. The monoisotopic (exact) mass is 311 g/mol. The molecule has 1 aromatic heterocycles.